The molecule has 0 spiro atoms. The van der Waals surface area contributed by atoms with Gasteiger partial charge in [-0.15, -0.1) is 5.10 Å². The van der Waals surface area contributed by atoms with E-state index in [4.69, 9.17) is 0 Å². The maximum Gasteiger partial charge on any atom is 0.221 e. The van der Waals surface area contributed by atoms with Crippen molar-refractivity contribution in [2.45, 2.75) is 51.1 Å². The standard InChI is InChI=1S/C20H32N6O/c27-20-8-12-25(13-9-21-20)15-18-16-26(23-22-18)19-6-10-24(11-7-19)14-17-4-2-1-3-5-17/h1-2,16-17,19H,3-15H2,(H,21,27). The highest BCUT2D eigenvalue weighted by Crippen LogP contribution is 2.25. The van der Waals surface area contributed by atoms with Gasteiger partial charge in [0.25, 0.3) is 0 Å². The fourth-order valence-electron chi connectivity index (χ4n) is 4.52. The lowest BCUT2D eigenvalue weighted by Gasteiger charge is -2.34. The van der Waals surface area contributed by atoms with Gasteiger partial charge in [0, 0.05) is 52.2 Å². The lowest BCUT2D eigenvalue weighted by molar-refractivity contribution is -0.120. The fourth-order valence-corrected chi connectivity index (χ4v) is 4.52. The molecule has 0 aromatic carbocycles. The van der Waals surface area contributed by atoms with Crippen molar-refractivity contribution in [3.8, 4) is 0 Å². The third-order valence-electron chi connectivity index (χ3n) is 6.17. The first kappa shape index (κ1) is 18.6. The molecule has 3 aliphatic rings. The summed E-state index contributed by atoms with van der Waals surface area (Å²) in [5.74, 6) is 0.997. The first-order chi connectivity index (χ1) is 13.3. The van der Waals surface area contributed by atoms with Crippen LogP contribution in [0.4, 0.5) is 0 Å². The van der Waals surface area contributed by atoms with Gasteiger partial charge in [0.1, 0.15) is 0 Å². The summed E-state index contributed by atoms with van der Waals surface area (Å²) in [6.45, 7) is 6.77. The molecule has 2 saturated heterocycles. The maximum atomic E-state index is 11.5. The number of rotatable bonds is 5. The lowest BCUT2D eigenvalue weighted by Crippen LogP contribution is -2.38. The average molecular weight is 373 g/mol. The second kappa shape index (κ2) is 8.97. The first-order valence-corrected chi connectivity index (χ1v) is 10.5. The van der Waals surface area contributed by atoms with Crippen molar-refractivity contribution in [1.82, 2.24) is 30.1 Å². The minimum Gasteiger partial charge on any atom is -0.355 e. The molecule has 148 valence electrons. The molecule has 1 aromatic heterocycles. The monoisotopic (exact) mass is 372 g/mol. The molecule has 1 aliphatic carbocycles. The number of carbonyl (C=O) groups excluding carboxylic acids is 1. The topological polar surface area (TPSA) is 66.3 Å². The molecule has 4 rings (SSSR count). The quantitative estimate of drug-likeness (QED) is 0.795. The molecule has 1 aromatic rings. The van der Waals surface area contributed by atoms with Crippen molar-refractivity contribution >= 4 is 5.91 Å². The van der Waals surface area contributed by atoms with E-state index in [1.807, 2.05) is 0 Å². The maximum absolute atomic E-state index is 11.5. The summed E-state index contributed by atoms with van der Waals surface area (Å²) >= 11 is 0. The second-order valence-electron chi connectivity index (χ2n) is 8.25. The third-order valence-corrected chi connectivity index (χ3v) is 6.17. The van der Waals surface area contributed by atoms with Gasteiger partial charge in [-0.25, -0.2) is 4.68 Å². The molecule has 0 saturated carbocycles. The number of likely N-dealkylation sites (tertiary alicyclic amines) is 1. The Kier molecular flexibility index (Phi) is 6.19. The molecule has 1 N–H and O–H groups in total. The minimum atomic E-state index is 0.150. The van der Waals surface area contributed by atoms with Crippen LogP contribution in [0.1, 0.15) is 50.3 Å². The molecule has 7 heteroatoms. The summed E-state index contributed by atoms with van der Waals surface area (Å²) in [4.78, 5) is 16.4. The molecule has 2 fully saturated rings. The first-order valence-electron chi connectivity index (χ1n) is 10.5. The van der Waals surface area contributed by atoms with Crippen molar-refractivity contribution in [3.63, 3.8) is 0 Å². The summed E-state index contributed by atoms with van der Waals surface area (Å²) in [7, 11) is 0. The normalized spacial score (nSPS) is 26.1. The van der Waals surface area contributed by atoms with E-state index in [0.717, 1.165) is 50.6 Å². The van der Waals surface area contributed by atoms with Gasteiger partial charge in [0.2, 0.25) is 5.91 Å². The molecular formula is C20H32N6O. The van der Waals surface area contributed by atoms with Crippen LogP contribution in [-0.2, 0) is 11.3 Å². The Bertz CT molecular complexity index is 649. The van der Waals surface area contributed by atoms with E-state index >= 15 is 0 Å². The Balaban J connectivity index is 1.24. The molecule has 0 bridgehead atoms. The highest BCUT2D eigenvalue weighted by molar-refractivity contribution is 5.76. The van der Waals surface area contributed by atoms with Crippen LogP contribution in [0.15, 0.2) is 18.3 Å². The van der Waals surface area contributed by atoms with Gasteiger partial charge in [-0.3, -0.25) is 9.69 Å². The fraction of sp³-hybridized carbons (Fsp3) is 0.750. The molecular weight excluding hydrogens is 340 g/mol. The average Bonchev–Trinajstić information content (AvgIpc) is 3.06. The van der Waals surface area contributed by atoms with Crippen LogP contribution >= 0.6 is 0 Å². The molecule has 1 atom stereocenters. The lowest BCUT2D eigenvalue weighted by atomic mass is 9.93. The van der Waals surface area contributed by atoms with Crippen LogP contribution in [-0.4, -0.2) is 70.0 Å². The van der Waals surface area contributed by atoms with Gasteiger partial charge in [0.15, 0.2) is 0 Å². The third kappa shape index (κ3) is 5.17. The van der Waals surface area contributed by atoms with E-state index < -0.39 is 0 Å². The number of allylic oxidation sites excluding steroid dienone is 2. The predicted octanol–water partition coefficient (Wildman–Crippen LogP) is 1.59. The smallest absolute Gasteiger partial charge is 0.221 e. The Morgan fingerprint density at radius 2 is 1.96 bits per heavy atom. The molecule has 1 amide bonds. The Morgan fingerprint density at radius 3 is 2.78 bits per heavy atom. The number of carbonyl (C=O) groups is 1. The van der Waals surface area contributed by atoms with Crippen molar-refractivity contribution in [2.24, 2.45) is 5.92 Å². The zero-order valence-corrected chi connectivity index (χ0v) is 16.2. The second-order valence-corrected chi connectivity index (χ2v) is 8.25. The Morgan fingerprint density at radius 1 is 1.07 bits per heavy atom. The van der Waals surface area contributed by atoms with Crippen LogP contribution in [0.5, 0.6) is 0 Å². The number of hydrogen-bond donors (Lipinski definition) is 1. The zero-order valence-electron chi connectivity index (χ0n) is 16.2. The van der Waals surface area contributed by atoms with Crippen molar-refractivity contribution < 1.29 is 4.79 Å². The van der Waals surface area contributed by atoms with E-state index in [1.54, 1.807) is 0 Å². The summed E-state index contributed by atoms with van der Waals surface area (Å²) < 4.78 is 2.08. The van der Waals surface area contributed by atoms with E-state index in [1.165, 1.54) is 38.9 Å². The summed E-state index contributed by atoms with van der Waals surface area (Å²) in [6, 6.07) is 0.473. The largest absolute Gasteiger partial charge is 0.355 e. The van der Waals surface area contributed by atoms with Crippen molar-refractivity contribution in [1.29, 1.82) is 0 Å². The van der Waals surface area contributed by atoms with Crippen LogP contribution in [0.3, 0.4) is 0 Å². The van der Waals surface area contributed by atoms with Gasteiger partial charge in [0.05, 0.1) is 17.9 Å². The molecule has 7 nitrogen and oxygen atoms in total. The molecule has 0 radical (unpaired) electrons. The van der Waals surface area contributed by atoms with Gasteiger partial charge in [-0.1, -0.05) is 17.4 Å². The van der Waals surface area contributed by atoms with Gasteiger partial charge in [-0.2, -0.15) is 0 Å². The summed E-state index contributed by atoms with van der Waals surface area (Å²) in [6.07, 6.45) is 13.5. The van der Waals surface area contributed by atoms with Crippen molar-refractivity contribution in [2.75, 3.05) is 39.3 Å². The molecule has 1 unspecified atom stereocenters. The highest BCUT2D eigenvalue weighted by atomic mass is 16.1. The van der Waals surface area contributed by atoms with E-state index in [0.29, 0.717) is 12.5 Å². The summed E-state index contributed by atoms with van der Waals surface area (Å²) in [5.41, 5.74) is 1.01. The van der Waals surface area contributed by atoms with Crippen LogP contribution < -0.4 is 5.32 Å². The van der Waals surface area contributed by atoms with E-state index in [2.05, 4.69) is 48.5 Å². The molecule has 27 heavy (non-hydrogen) atoms. The number of amides is 1. The van der Waals surface area contributed by atoms with Crippen LogP contribution in [0.2, 0.25) is 0 Å². The van der Waals surface area contributed by atoms with Crippen molar-refractivity contribution in [3.05, 3.63) is 24.0 Å². The molecule has 3 heterocycles. The number of nitrogens with zero attached hydrogens (tertiary/aromatic N) is 5. The number of hydrogen-bond acceptors (Lipinski definition) is 5. The van der Waals surface area contributed by atoms with Crippen LogP contribution in [0, 0.1) is 5.92 Å². The van der Waals surface area contributed by atoms with E-state index in [9.17, 15) is 4.79 Å². The SMILES string of the molecule is O=C1CCN(Cc2cn(C3CCN(CC4CC=CCC4)CC3)nn2)CCN1. The zero-order chi connectivity index (χ0) is 18.5. The summed E-state index contributed by atoms with van der Waals surface area (Å²) in [5, 5.41) is 11.7. The number of aromatic nitrogens is 3. The highest BCUT2D eigenvalue weighted by Gasteiger charge is 2.24. The number of piperidine rings is 1. The van der Waals surface area contributed by atoms with E-state index in [-0.39, 0.29) is 5.91 Å². The van der Waals surface area contributed by atoms with Gasteiger partial charge >= 0.3 is 0 Å². The van der Waals surface area contributed by atoms with Gasteiger partial charge in [-0.05, 0) is 38.0 Å². The Labute approximate surface area is 161 Å². The minimum absolute atomic E-state index is 0.150. The molecule has 2 aliphatic heterocycles. The number of nitrogens with one attached hydrogen (secondary N) is 1. The Hall–Kier alpha value is -1.73. The van der Waals surface area contributed by atoms with Crippen LogP contribution in [0.25, 0.3) is 0 Å². The van der Waals surface area contributed by atoms with Gasteiger partial charge < -0.3 is 10.2 Å². The predicted molar refractivity (Wildman–Crippen MR) is 104 cm³/mol.